The molecule has 1 saturated heterocycles. The Morgan fingerprint density at radius 1 is 1.53 bits per heavy atom. The molecular weight excluding hydrogens is 262 g/mol. The third-order valence-electron chi connectivity index (χ3n) is 2.17. The number of hydrogen-bond acceptors (Lipinski definition) is 3. The summed E-state index contributed by atoms with van der Waals surface area (Å²) in [6.07, 6.45) is 0.834. The molecule has 1 aromatic rings. The molecule has 0 radical (unpaired) electrons. The molecule has 1 N–H and O–H groups in total. The van der Waals surface area contributed by atoms with E-state index in [4.69, 9.17) is 4.84 Å². The summed E-state index contributed by atoms with van der Waals surface area (Å²) in [5.41, 5.74) is 0.256. The molecule has 0 aromatic heterocycles. The molecule has 0 spiro atoms. The van der Waals surface area contributed by atoms with E-state index in [0.29, 0.717) is 13.2 Å². The number of amides is 1. The molecule has 2 rings (SSSR count). The Bertz CT molecular complexity index is 388. The molecule has 1 aliphatic rings. The highest BCUT2D eigenvalue weighted by atomic mass is 79.9. The van der Waals surface area contributed by atoms with E-state index in [2.05, 4.69) is 15.9 Å². The van der Waals surface area contributed by atoms with Crippen LogP contribution < -0.4 is 0 Å². The van der Waals surface area contributed by atoms with Gasteiger partial charge in [0.05, 0.1) is 18.7 Å². The van der Waals surface area contributed by atoms with Crippen molar-refractivity contribution in [3.63, 3.8) is 0 Å². The van der Waals surface area contributed by atoms with Crippen molar-refractivity contribution in [3.05, 3.63) is 28.2 Å². The molecule has 0 aliphatic carbocycles. The van der Waals surface area contributed by atoms with Gasteiger partial charge in [-0.05, 0) is 24.6 Å². The van der Waals surface area contributed by atoms with Crippen LogP contribution >= 0.6 is 15.9 Å². The van der Waals surface area contributed by atoms with Crippen LogP contribution in [-0.2, 0) is 4.84 Å². The van der Waals surface area contributed by atoms with Gasteiger partial charge in [-0.25, -0.2) is 5.06 Å². The lowest BCUT2D eigenvalue weighted by Crippen LogP contribution is -2.26. The zero-order valence-electron chi connectivity index (χ0n) is 7.94. The normalized spacial score (nSPS) is 15.7. The lowest BCUT2D eigenvalue weighted by molar-refractivity contribution is -0.0769. The van der Waals surface area contributed by atoms with Gasteiger partial charge in [-0.15, -0.1) is 0 Å². The molecule has 0 atom stereocenters. The third-order valence-corrected chi connectivity index (χ3v) is 2.66. The monoisotopic (exact) mass is 271 g/mol. The highest BCUT2D eigenvalue weighted by Crippen LogP contribution is 2.24. The molecule has 0 saturated carbocycles. The molecule has 80 valence electrons. The van der Waals surface area contributed by atoms with E-state index in [9.17, 15) is 9.90 Å². The SMILES string of the molecule is O=C(c1cc(Br)ccc1O)N1CCCO1. The first kappa shape index (κ1) is 10.4. The number of halogens is 1. The summed E-state index contributed by atoms with van der Waals surface area (Å²) in [6, 6.07) is 4.74. The van der Waals surface area contributed by atoms with Crippen LogP contribution in [0.1, 0.15) is 16.8 Å². The van der Waals surface area contributed by atoms with Gasteiger partial charge in [0.2, 0.25) is 0 Å². The van der Waals surface area contributed by atoms with Crippen LogP contribution in [0.4, 0.5) is 0 Å². The van der Waals surface area contributed by atoms with Crippen molar-refractivity contribution in [2.75, 3.05) is 13.2 Å². The van der Waals surface area contributed by atoms with Crippen LogP contribution in [0.15, 0.2) is 22.7 Å². The van der Waals surface area contributed by atoms with Crippen LogP contribution in [0.25, 0.3) is 0 Å². The molecule has 5 heteroatoms. The van der Waals surface area contributed by atoms with E-state index >= 15 is 0 Å². The first-order valence-electron chi connectivity index (χ1n) is 4.62. The summed E-state index contributed by atoms with van der Waals surface area (Å²) in [4.78, 5) is 17.0. The van der Waals surface area contributed by atoms with Gasteiger partial charge in [0.15, 0.2) is 0 Å². The van der Waals surface area contributed by atoms with Crippen LogP contribution in [-0.4, -0.2) is 29.2 Å². The van der Waals surface area contributed by atoms with Gasteiger partial charge in [-0.2, -0.15) is 0 Å². The smallest absolute Gasteiger partial charge is 0.281 e. The van der Waals surface area contributed by atoms with Gasteiger partial charge in [-0.3, -0.25) is 9.63 Å². The molecule has 0 bridgehead atoms. The molecule has 1 fully saturated rings. The standard InChI is InChI=1S/C10H10BrNO3/c11-7-2-3-9(13)8(6-7)10(14)12-4-1-5-15-12/h2-3,6,13H,1,4-5H2. The molecule has 1 aromatic carbocycles. The van der Waals surface area contributed by atoms with Gasteiger partial charge in [-0.1, -0.05) is 15.9 Å². The summed E-state index contributed by atoms with van der Waals surface area (Å²) >= 11 is 3.25. The van der Waals surface area contributed by atoms with Crippen molar-refractivity contribution >= 4 is 21.8 Å². The van der Waals surface area contributed by atoms with E-state index in [1.54, 1.807) is 12.1 Å². The second-order valence-electron chi connectivity index (χ2n) is 3.26. The highest BCUT2D eigenvalue weighted by molar-refractivity contribution is 9.10. The van der Waals surface area contributed by atoms with Crippen molar-refractivity contribution < 1.29 is 14.7 Å². The number of phenols is 1. The van der Waals surface area contributed by atoms with E-state index in [1.807, 2.05) is 0 Å². The maximum Gasteiger partial charge on any atom is 0.281 e. The minimum Gasteiger partial charge on any atom is -0.507 e. The Kier molecular flexibility index (Phi) is 2.93. The molecule has 1 heterocycles. The lowest BCUT2D eigenvalue weighted by atomic mass is 10.2. The van der Waals surface area contributed by atoms with E-state index in [0.717, 1.165) is 10.9 Å². The number of carbonyl (C=O) groups excluding carboxylic acids is 1. The largest absolute Gasteiger partial charge is 0.507 e. The predicted molar refractivity (Wildman–Crippen MR) is 57.4 cm³/mol. The number of rotatable bonds is 1. The zero-order chi connectivity index (χ0) is 10.8. The van der Waals surface area contributed by atoms with Crippen molar-refractivity contribution in [2.24, 2.45) is 0 Å². The second-order valence-corrected chi connectivity index (χ2v) is 4.17. The summed E-state index contributed by atoms with van der Waals surface area (Å²) in [7, 11) is 0. The molecule has 15 heavy (non-hydrogen) atoms. The van der Waals surface area contributed by atoms with Crippen LogP contribution in [0.5, 0.6) is 5.75 Å². The van der Waals surface area contributed by atoms with Gasteiger partial charge < -0.3 is 5.11 Å². The number of aromatic hydroxyl groups is 1. The summed E-state index contributed by atoms with van der Waals surface area (Å²) < 4.78 is 0.753. The number of benzene rings is 1. The highest BCUT2D eigenvalue weighted by Gasteiger charge is 2.23. The second kappa shape index (κ2) is 4.20. The molecule has 0 unspecified atom stereocenters. The maximum atomic E-state index is 11.8. The minimum atomic E-state index is -0.300. The van der Waals surface area contributed by atoms with Crippen molar-refractivity contribution in [1.82, 2.24) is 5.06 Å². The minimum absolute atomic E-state index is 0.0290. The number of carbonyl (C=O) groups is 1. The molecular formula is C10H10BrNO3. The summed E-state index contributed by atoms with van der Waals surface area (Å²) in [5.74, 6) is -0.329. The average Bonchev–Trinajstić information content (AvgIpc) is 2.74. The van der Waals surface area contributed by atoms with Gasteiger partial charge in [0.1, 0.15) is 5.75 Å². The van der Waals surface area contributed by atoms with Gasteiger partial charge >= 0.3 is 0 Å². The average molecular weight is 272 g/mol. The molecule has 4 nitrogen and oxygen atoms in total. The fourth-order valence-corrected chi connectivity index (χ4v) is 1.78. The number of phenolic OH excluding ortho intramolecular Hbond substituents is 1. The Morgan fingerprint density at radius 2 is 2.33 bits per heavy atom. The van der Waals surface area contributed by atoms with Gasteiger partial charge in [0, 0.05) is 4.47 Å². The summed E-state index contributed by atoms with van der Waals surface area (Å²) in [5, 5.41) is 10.8. The third kappa shape index (κ3) is 2.13. The Hall–Kier alpha value is -1.07. The van der Waals surface area contributed by atoms with Gasteiger partial charge in [0.25, 0.3) is 5.91 Å². The Labute approximate surface area is 95.5 Å². The first-order chi connectivity index (χ1) is 7.18. The van der Waals surface area contributed by atoms with Crippen molar-refractivity contribution in [2.45, 2.75) is 6.42 Å². The number of hydrogen-bond donors (Lipinski definition) is 1. The Morgan fingerprint density at radius 3 is 3.00 bits per heavy atom. The molecule has 1 amide bonds. The van der Waals surface area contributed by atoms with Crippen LogP contribution in [0, 0.1) is 0 Å². The predicted octanol–water partition coefficient (Wildman–Crippen LogP) is 1.93. The summed E-state index contributed by atoms with van der Waals surface area (Å²) in [6.45, 7) is 1.13. The number of hydroxylamine groups is 2. The quantitative estimate of drug-likeness (QED) is 0.849. The van der Waals surface area contributed by atoms with E-state index < -0.39 is 0 Å². The number of nitrogens with zero attached hydrogens (tertiary/aromatic N) is 1. The first-order valence-corrected chi connectivity index (χ1v) is 5.41. The fourth-order valence-electron chi connectivity index (χ4n) is 1.42. The maximum absolute atomic E-state index is 11.8. The van der Waals surface area contributed by atoms with E-state index in [1.165, 1.54) is 11.1 Å². The fraction of sp³-hybridized carbons (Fsp3) is 0.300. The van der Waals surface area contributed by atoms with Crippen molar-refractivity contribution in [1.29, 1.82) is 0 Å². The van der Waals surface area contributed by atoms with Crippen LogP contribution in [0.3, 0.4) is 0 Å². The Balaban J connectivity index is 2.27. The van der Waals surface area contributed by atoms with Crippen molar-refractivity contribution in [3.8, 4) is 5.75 Å². The van der Waals surface area contributed by atoms with E-state index in [-0.39, 0.29) is 17.2 Å². The van der Waals surface area contributed by atoms with Crippen LogP contribution in [0.2, 0.25) is 0 Å². The lowest BCUT2D eigenvalue weighted by Gasteiger charge is -2.14. The zero-order valence-corrected chi connectivity index (χ0v) is 9.53. The molecule has 1 aliphatic heterocycles. The topological polar surface area (TPSA) is 49.8 Å².